The van der Waals surface area contributed by atoms with E-state index < -0.39 is 5.97 Å². The average Bonchev–Trinajstić information content (AvgIpc) is 3.31. The number of aromatic carboxylic acids is 1. The number of piperazine rings is 1. The zero-order chi connectivity index (χ0) is 14.1. The summed E-state index contributed by atoms with van der Waals surface area (Å²) in [6, 6.07) is 1.57. The van der Waals surface area contributed by atoms with Gasteiger partial charge in [0.05, 0.1) is 44.4 Å². The lowest BCUT2D eigenvalue weighted by Crippen LogP contribution is -3.14. The van der Waals surface area contributed by atoms with Gasteiger partial charge in [-0.2, -0.15) is 0 Å². The van der Waals surface area contributed by atoms with Crippen LogP contribution < -0.4 is 14.9 Å². The molecule has 6 heteroatoms. The zero-order valence-corrected chi connectivity index (χ0v) is 11.8. The molecule has 1 N–H and O–H groups in total. The lowest BCUT2D eigenvalue weighted by Gasteiger charge is -2.32. The van der Waals surface area contributed by atoms with Gasteiger partial charge in [0.2, 0.25) is 5.95 Å². The van der Waals surface area contributed by atoms with E-state index in [0.29, 0.717) is 11.9 Å². The Bertz CT molecular complexity index is 508. The van der Waals surface area contributed by atoms with Crippen molar-refractivity contribution in [3.63, 3.8) is 0 Å². The van der Waals surface area contributed by atoms with Gasteiger partial charge in [-0.3, -0.25) is 0 Å². The number of nitrogens with one attached hydrogen (secondary N) is 1. The lowest BCUT2D eigenvalue weighted by molar-refractivity contribution is -0.898. The Morgan fingerprint density at radius 2 is 2.10 bits per heavy atom. The second kappa shape index (κ2) is 5.36. The molecule has 1 aliphatic heterocycles. The van der Waals surface area contributed by atoms with Crippen LogP contribution in [0.1, 0.15) is 41.9 Å². The molecule has 20 heavy (non-hydrogen) atoms. The number of carbonyl (C=O) groups excluding carboxylic acids is 1. The minimum atomic E-state index is -1.21. The number of carbonyl (C=O) groups is 1. The van der Waals surface area contributed by atoms with E-state index in [2.05, 4.69) is 21.8 Å². The largest absolute Gasteiger partial charge is 0.543 e. The second-order valence-electron chi connectivity index (χ2n) is 5.63. The SMILES string of the molecule is CC[NH+]1CCN(c2nc(C(=O)[O-])cc(C3CC3)n2)CC1. The van der Waals surface area contributed by atoms with E-state index in [4.69, 9.17) is 0 Å². The van der Waals surface area contributed by atoms with Gasteiger partial charge in [0.25, 0.3) is 0 Å². The van der Waals surface area contributed by atoms with Crippen molar-refractivity contribution in [3.8, 4) is 0 Å². The fourth-order valence-corrected chi connectivity index (χ4v) is 2.66. The number of hydrogen-bond donors (Lipinski definition) is 1. The van der Waals surface area contributed by atoms with Gasteiger partial charge in [0.1, 0.15) is 0 Å². The maximum absolute atomic E-state index is 11.1. The van der Waals surface area contributed by atoms with E-state index in [0.717, 1.165) is 51.3 Å². The summed E-state index contributed by atoms with van der Waals surface area (Å²) in [7, 11) is 0. The van der Waals surface area contributed by atoms with Crippen molar-refractivity contribution in [3.05, 3.63) is 17.5 Å². The molecule has 108 valence electrons. The lowest BCUT2D eigenvalue weighted by atomic mass is 10.2. The number of carboxylic acids is 1. The van der Waals surface area contributed by atoms with Gasteiger partial charge < -0.3 is 19.7 Å². The van der Waals surface area contributed by atoms with Crippen molar-refractivity contribution >= 4 is 11.9 Å². The molecule has 0 radical (unpaired) electrons. The number of anilines is 1. The highest BCUT2D eigenvalue weighted by atomic mass is 16.4. The summed E-state index contributed by atoms with van der Waals surface area (Å²) < 4.78 is 0. The van der Waals surface area contributed by atoms with Crippen molar-refractivity contribution in [1.82, 2.24) is 9.97 Å². The summed E-state index contributed by atoms with van der Waals surface area (Å²) >= 11 is 0. The number of aromatic nitrogens is 2. The monoisotopic (exact) mass is 276 g/mol. The van der Waals surface area contributed by atoms with Crippen LogP contribution in [0.25, 0.3) is 0 Å². The minimum Gasteiger partial charge on any atom is -0.543 e. The molecular formula is C14H20N4O2. The zero-order valence-electron chi connectivity index (χ0n) is 11.8. The van der Waals surface area contributed by atoms with Crippen LogP contribution in [0, 0.1) is 0 Å². The van der Waals surface area contributed by atoms with E-state index in [-0.39, 0.29) is 5.69 Å². The maximum atomic E-state index is 11.1. The summed E-state index contributed by atoms with van der Waals surface area (Å²) in [6.07, 6.45) is 2.19. The summed E-state index contributed by atoms with van der Waals surface area (Å²) in [4.78, 5) is 23.5. The molecule has 1 saturated carbocycles. The highest BCUT2D eigenvalue weighted by Gasteiger charge is 2.28. The predicted octanol–water partition coefficient (Wildman–Crippen LogP) is -1.56. The summed E-state index contributed by atoms with van der Waals surface area (Å²) in [5, 5.41) is 11.1. The first-order valence-electron chi connectivity index (χ1n) is 7.36. The minimum absolute atomic E-state index is 0.0159. The highest BCUT2D eigenvalue weighted by Crippen LogP contribution is 2.39. The van der Waals surface area contributed by atoms with Crippen LogP contribution in [0.2, 0.25) is 0 Å². The molecule has 1 aliphatic carbocycles. The first-order chi connectivity index (χ1) is 9.67. The summed E-state index contributed by atoms with van der Waals surface area (Å²) in [5.74, 6) is -0.241. The van der Waals surface area contributed by atoms with Crippen LogP contribution >= 0.6 is 0 Å². The first kappa shape index (κ1) is 13.3. The van der Waals surface area contributed by atoms with Crippen LogP contribution in [-0.2, 0) is 0 Å². The smallest absolute Gasteiger partial charge is 0.226 e. The van der Waals surface area contributed by atoms with Crippen LogP contribution in [0.3, 0.4) is 0 Å². The average molecular weight is 276 g/mol. The molecule has 1 saturated heterocycles. The van der Waals surface area contributed by atoms with E-state index in [9.17, 15) is 9.90 Å². The number of hydrogen-bond acceptors (Lipinski definition) is 5. The van der Waals surface area contributed by atoms with Crippen molar-refractivity contribution in [1.29, 1.82) is 0 Å². The fourth-order valence-electron chi connectivity index (χ4n) is 2.66. The Hall–Kier alpha value is -1.69. The Morgan fingerprint density at radius 3 is 2.65 bits per heavy atom. The molecule has 0 unspecified atom stereocenters. The number of quaternary nitrogens is 1. The van der Waals surface area contributed by atoms with E-state index >= 15 is 0 Å². The first-order valence-corrected chi connectivity index (χ1v) is 7.36. The van der Waals surface area contributed by atoms with Gasteiger partial charge in [0, 0.05) is 11.6 Å². The van der Waals surface area contributed by atoms with Gasteiger partial charge in [-0.05, 0) is 25.8 Å². The van der Waals surface area contributed by atoms with Gasteiger partial charge in [-0.1, -0.05) is 0 Å². The van der Waals surface area contributed by atoms with Crippen LogP contribution in [0.15, 0.2) is 6.07 Å². The van der Waals surface area contributed by atoms with E-state index in [1.165, 1.54) is 0 Å². The molecule has 0 atom stereocenters. The van der Waals surface area contributed by atoms with E-state index in [1.807, 2.05) is 0 Å². The molecule has 2 aliphatic rings. The Labute approximate surface area is 118 Å². The van der Waals surface area contributed by atoms with Gasteiger partial charge in [0.15, 0.2) is 0 Å². The number of carboxylic acid groups (broad SMARTS) is 1. The molecule has 3 rings (SSSR count). The molecule has 2 heterocycles. The topological polar surface area (TPSA) is 73.6 Å². The molecule has 1 aromatic rings. The Morgan fingerprint density at radius 1 is 1.40 bits per heavy atom. The quantitative estimate of drug-likeness (QED) is 0.720. The van der Waals surface area contributed by atoms with Crippen molar-refractivity contribution in [2.45, 2.75) is 25.7 Å². The summed E-state index contributed by atoms with van der Waals surface area (Å²) in [6.45, 7) is 7.17. The molecular weight excluding hydrogens is 256 g/mol. The number of rotatable bonds is 4. The molecule has 0 bridgehead atoms. The molecule has 1 aromatic heterocycles. The number of likely N-dealkylation sites (N-methyl/N-ethyl adjacent to an activating group) is 1. The fraction of sp³-hybridized carbons (Fsp3) is 0.643. The Kier molecular flexibility index (Phi) is 3.56. The Balaban J connectivity index is 1.83. The predicted molar refractivity (Wildman–Crippen MR) is 71.8 cm³/mol. The van der Waals surface area contributed by atoms with Crippen molar-refractivity contribution in [2.24, 2.45) is 0 Å². The van der Waals surface area contributed by atoms with Crippen molar-refractivity contribution in [2.75, 3.05) is 37.6 Å². The van der Waals surface area contributed by atoms with Crippen LogP contribution in [-0.4, -0.2) is 48.7 Å². The van der Waals surface area contributed by atoms with Gasteiger partial charge >= 0.3 is 0 Å². The van der Waals surface area contributed by atoms with Crippen LogP contribution in [0.4, 0.5) is 5.95 Å². The molecule has 0 spiro atoms. The third kappa shape index (κ3) is 2.75. The maximum Gasteiger partial charge on any atom is 0.226 e. The van der Waals surface area contributed by atoms with Gasteiger partial charge in [-0.15, -0.1) is 0 Å². The van der Waals surface area contributed by atoms with Crippen LogP contribution in [0.5, 0.6) is 0 Å². The molecule has 2 fully saturated rings. The van der Waals surface area contributed by atoms with E-state index in [1.54, 1.807) is 11.0 Å². The standard InChI is InChI=1S/C14H20N4O2/c1-2-17-5-7-18(8-6-17)14-15-11(10-3-4-10)9-12(16-14)13(19)20/h9-10H,2-8H2,1H3,(H,19,20). The summed E-state index contributed by atoms with van der Waals surface area (Å²) in [5.41, 5.74) is 0.877. The van der Waals surface area contributed by atoms with Crippen molar-refractivity contribution < 1.29 is 14.8 Å². The molecule has 0 amide bonds. The van der Waals surface area contributed by atoms with Gasteiger partial charge in [-0.25, -0.2) is 9.97 Å². The number of nitrogens with zero attached hydrogens (tertiary/aromatic N) is 3. The highest BCUT2D eigenvalue weighted by molar-refractivity contribution is 5.83. The normalized spacial score (nSPS) is 20.1. The second-order valence-corrected chi connectivity index (χ2v) is 5.63. The molecule has 6 nitrogen and oxygen atoms in total. The third-order valence-corrected chi connectivity index (χ3v) is 4.19. The molecule has 0 aromatic carbocycles. The third-order valence-electron chi connectivity index (χ3n) is 4.19.